The zero-order chi connectivity index (χ0) is 15.6. The van der Waals surface area contributed by atoms with Crippen LogP contribution in [0.4, 0.5) is 10.1 Å². The van der Waals surface area contributed by atoms with Gasteiger partial charge in [-0.2, -0.15) is 0 Å². The summed E-state index contributed by atoms with van der Waals surface area (Å²) in [6.07, 6.45) is 1.52. The molecule has 112 valence electrons. The van der Waals surface area contributed by atoms with Crippen molar-refractivity contribution in [3.8, 4) is 0 Å². The van der Waals surface area contributed by atoms with Crippen LogP contribution in [0.15, 0.2) is 12.1 Å². The maximum absolute atomic E-state index is 14.3. The summed E-state index contributed by atoms with van der Waals surface area (Å²) in [5, 5.41) is 0. The van der Waals surface area contributed by atoms with Crippen molar-refractivity contribution in [2.24, 2.45) is 0 Å². The van der Waals surface area contributed by atoms with Gasteiger partial charge in [0.2, 0.25) is 5.91 Å². The monoisotopic (exact) mass is 310 g/mol. The maximum Gasteiger partial charge on any atom is 0.277 e. The van der Waals surface area contributed by atoms with E-state index < -0.39 is 15.7 Å². The number of amides is 1. The lowest BCUT2D eigenvalue weighted by Gasteiger charge is -2.30. The smallest absolute Gasteiger partial charge is 0.277 e. The van der Waals surface area contributed by atoms with Crippen molar-refractivity contribution in [1.82, 2.24) is 4.72 Å². The summed E-state index contributed by atoms with van der Waals surface area (Å²) in [5.74, 6) is -0.598. The van der Waals surface area contributed by atoms with E-state index >= 15 is 0 Å². The normalized spacial score (nSPS) is 15.1. The van der Waals surface area contributed by atoms with E-state index in [4.69, 9.17) is 7.12 Å². The molecule has 0 bridgehead atoms. The molecule has 1 aromatic carbocycles. The molecule has 0 spiro atoms. The lowest BCUT2D eigenvalue weighted by Crippen LogP contribution is -2.36. The lowest BCUT2D eigenvalue weighted by molar-refractivity contribution is -0.118. The number of nitrogens with zero attached hydrogens (tertiary/aromatic N) is 1. The standard InChI is InChI=1S/C13H16BFN2O3S/c1-2-5-17-12(18)4-3-10-6-9(7-11(15)13(10)17)8-16-21(14,19)20/h6-7,16H,2-5,8H2,1H3. The molecule has 1 N–H and O–H groups in total. The fourth-order valence-electron chi connectivity index (χ4n) is 2.46. The predicted octanol–water partition coefficient (Wildman–Crippen LogP) is 1.02. The second kappa shape index (κ2) is 6.15. The number of benzene rings is 1. The first-order valence-electron chi connectivity index (χ1n) is 6.71. The Balaban J connectivity index is 2.33. The van der Waals surface area contributed by atoms with Crippen LogP contribution >= 0.6 is 0 Å². The van der Waals surface area contributed by atoms with E-state index in [9.17, 15) is 17.6 Å². The minimum absolute atomic E-state index is 0.0786. The first-order valence-corrected chi connectivity index (χ1v) is 8.25. The molecule has 1 heterocycles. The van der Waals surface area contributed by atoms with Crippen LogP contribution in [-0.4, -0.2) is 28.0 Å². The number of carbonyl (C=O) groups excluding carboxylic acids is 1. The molecule has 0 fully saturated rings. The quantitative estimate of drug-likeness (QED) is 0.826. The number of hydrogen-bond donors (Lipinski definition) is 1. The summed E-state index contributed by atoms with van der Waals surface area (Å²) in [7, 11) is 1.03. The van der Waals surface area contributed by atoms with Gasteiger partial charge in [-0.05, 0) is 30.0 Å². The van der Waals surface area contributed by atoms with E-state index in [-0.39, 0.29) is 12.5 Å². The van der Waals surface area contributed by atoms with Crippen LogP contribution < -0.4 is 9.62 Å². The summed E-state index contributed by atoms with van der Waals surface area (Å²) in [4.78, 5) is 13.4. The molecule has 0 saturated carbocycles. The van der Waals surface area contributed by atoms with E-state index in [2.05, 4.69) is 4.72 Å². The Hall–Kier alpha value is -1.41. The molecule has 1 aromatic rings. The zero-order valence-electron chi connectivity index (χ0n) is 11.7. The molecule has 0 aliphatic carbocycles. The minimum atomic E-state index is -3.82. The van der Waals surface area contributed by atoms with Crippen molar-refractivity contribution >= 4 is 28.6 Å². The second-order valence-electron chi connectivity index (χ2n) is 5.00. The molecular formula is C13H16BFN2O3S. The highest BCUT2D eigenvalue weighted by Gasteiger charge is 2.27. The Morgan fingerprint density at radius 1 is 1.38 bits per heavy atom. The largest absolute Gasteiger partial charge is 0.309 e. The van der Waals surface area contributed by atoms with Gasteiger partial charge in [0.15, 0.2) is 0 Å². The van der Waals surface area contributed by atoms with Gasteiger partial charge in [-0.3, -0.25) is 4.79 Å². The van der Waals surface area contributed by atoms with Crippen LogP contribution in [0.25, 0.3) is 0 Å². The van der Waals surface area contributed by atoms with E-state index in [1.165, 1.54) is 11.0 Å². The second-order valence-corrected chi connectivity index (χ2v) is 6.38. The third-order valence-electron chi connectivity index (χ3n) is 3.31. The molecule has 8 heteroatoms. The van der Waals surface area contributed by atoms with Crippen LogP contribution in [0.5, 0.6) is 0 Å². The van der Waals surface area contributed by atoms with E-state index in [1.54, 1.807) is 6.07 Å². The zero-order valence-corrected chi connectivity index (χ0v) is 12.5. The van der Waals surface area contributed by atoms with Crippen molar-refractivity contribution < 1.29 is 17.6 Å². The van der Waals surface area contributed by atoms with Gasteiger partial charge in [-0.25, -0.2) is 17.5 Å². The van der Waals surface area contributed by atoms with Crippen molar-refractivity contribution in [3.05, 3.63) is 29.1 Å². The summed E-state index contributed by atoms with van der Waals surface area (Å²) >= 11 is 0. The van der Waals surface area contributed by atoms with Gasteiger partial charge < -0.3 is 4.90 Å². The third-order valence-corrected chi connectivity index (χ3v) is 3.85. The number of nitrogens with one attached hydrogen (secondary N) is 1. The predicted molar refractivity (Wildman–Crippen MR) is 78.9 cm³/mol. The number of anilines is 1. The van der Waals surface area contributed by atoms with Crippen LogP contribution in [0.2, 0.25) is 0 Å². The maximum atomic E-state index is 14.3. The molecule has 0 aromatic heterocycles. The van der Waals surface area contributed by atoms with Crippen molar-refractivity contribution in [3.63, 3.8) is 0 Å². The lowest BCUT2D eigenvalue weighted by atomic mass is 9.98. The molecule has 2 radical (unpaired) electrons. The van der Waals surface area contributed by atoms with Gasteiger partial charge in [0.1, 0.15) is 15.7 Å². The first-order chi connectivity index (χ1) is 9.81. The fourth-order valence-corrected chi connectivity index (χ4v) is 2.83. The van der Waals surface area contributed by atoms with Crippen LogP contribution in [-0.2, 0) is 27.6 Å². The molecule has 1 amide bonds. The molecule has 2 rings (SSSR count). The summed E-state index contributed by atoms with van der Waals surface area (Å²) in [6, 6.07) is 2.95. The molecule has 21 heavy (non-hydrogen) atoms. The van der Waals surface area contributed by atoms with E-state index in [1.807, 2.05) is 6.92 Å². The number of hydrogen-bond acceptors (Lipinski definition) is 3. The van der Waals surface area contributed by atoms with Gasteiger partial charge in [-0.15, -0.1) is 0 Å². The molecular weight excluding hydrogens is 294 g/mol. The van der Waals surface area contributed by atoms with Crippen molar-refractivity contribution in [2.75, 3.05) is 11.4 Å². The Morgan fingerprint density at radius 2 is 2.10 bits per heavy atom. The Kier molecular flexibility index (Phi) is 4.68. The highest BCUT2D eigenvalue weighted by molar-refractivity contribution is 8.10. The van der Waals surface area contributed by atoms with Crippen molar-refractivity contribution in [2.45, 2.75) is 32.7 Å². The summed E-state index contributed by atoms with van der Waals surface area (Å²) in [6.45, 7) is 2.31. The van der Waals surface area contributed by atoms with Gasteiger partial charge in [0.25, 0.3) is 7.12 Å². The Bertz CT molecular complexity index is 664. The molecule has 5 nitrogen and oxygen atoms in total. The summed E-state index contributed by atoms with van der Waals surface area (Å²) < 4.78 is 38.2. The Labute approximate surface area is 124 Å². The molecule has 0 saturated heterocycles. The van der Waals surface area contributed by atoms with Gasteiger partial charge >= 0.3 is 0 Å². The summed E-state index contributed by atoms with van der Waals surface area (Å²) in [5.41, 5.74) is 1.51. The fraction of sp³-hybridized carbons (Fsp3) is 0.462. The van der Waals surface area contributed by atoms with E-state index in [0.717, 1.165) is 6.42 Å². The van der Waals surface area contributed by atoms with Crippen LogP contribution in [0.1, 0.15) is 30.9 Å². The number of halogens is 1. The average Bonchev–Trinajstić information content (AvgIpc) is 2.39. The van der Waals surface area contributed by atoms with Crippen molar-refractivity contribution in [1.29, 1.82) is 0 Å². The van der Waals surface area contributed by atoms with Gasteiger partial charge in [0.05, 0.1) is 5.69 Å². The number of rotatable bonds is 5. The first kappa shape index (κ1) is 16.0. The SMILES string of the molecule is [B]S(=O)(=O)NCc1cc(F)c2c(c1)CCC(=O)N2CCC. The number of carbonyl (C=O) groups is 1. The minimum Gasteiger partial charge on any atom is -0.309 e. The average molecular weight is 310 g/mol. The van der Waals surface area contributed by atoms with Gasteiger partial charge in [-0.1, -0.05) is 13.0 Å². The van der Waals surface area contributed by atoms with Crippen LogP contribution in [0, 0.1) is 5.82 Å². The Morgan fingerprint density at radius 3 is 2.71 bits per heavy atom. The number of fused-ring (bicyclic) bond motifs is 1. The highest BCUT2D eigenvalue weighted by Crippen LogP contribution is 2.32. The molecule has 0 atom stereocenters. The van der Waals surface area contributed by atoms with Crippen LogP contribution in [0.3, 0.4) is 0 Å². The third kappa shape index (κ3) is 3.82. The van der Waals surface area contributed by atoms with Gasteiger partial charge in [0, 0.05) is 19.5 Å². The molecule has 1 aliphatic rings. The molecule has 0 unspecified atom stereocenters. The number of aryl methyl sites for hydroxylation is 1. The highest BCUT2D eigenvalue weighted by atomic mass is 32.2. The topological polar surface area (TPSA) is 66.5 Å². The van der Waals surface area contributed by atoms with E-state index in [0.29, 0.717) is 36.2 Å². The molecule has 1 aliphatic heterocycles.